The van der Waals surface area contributed by atoms with Gasteiger partial charge in [0.15, 0.2) is 5.78 Å². The minimum Gasteiger partial charge on any atom is -0.289 e. The molecule has 0 aliphatic heterocycles. The smallest absolute Gasteiger partial charge is 0.194 e. The summed E-state index contributed by atoms with van der Waals surface area (Å²) >= 11 is 5.94. The van der Waals surface area contributed by atoms with Crippen molar-refractivity contribution in [3.8, 4) is 11.1 Å². The Morgan fingerprint density at radius 3 is 2.29 bits per heavy atom. The zero-order valence-electron chi connectivity index (χ0n) is 9.46. The second-order valence-electron chi connectivity index (χ2n) is 4.25. The van der Waals surface area contributed by atoms with Gasteiger partial charge >= 0.3 is 0 Å². The summed E-state index contributed by atoms with van der Waals surface area (Å²) in [5.74, 6) is 0.0906. The van der Waals surface area contributed by atoms with Gasteiger partial charge in [-0.25, -0.2) is 0 Å². The highest BCUT2D eigenvalue weighted by Gasteiger charge is 2.26. The molecule has 2 aromatic rings. The number of rotatable bonds is 1. The zero-order valence-corrected chi connectivity index (χ0v) is 10.2. The van der Waals surface area contributed by atoms with E-state index < -0.39 is 0 Å². The number of hydrogen-bond acceptors (Lipinski definition) is 1. The van der Waals surface area contributed by atoms with Gasteiger partial charge in [0.1, 0.15) is 0 Å². The van der Waals surface area contributed by atoms with Crippen molar-refractivity contribution in [3.05, 3.63) is 58.1 Å². The van der Waals surface area contributed by atoms with Crippen LogP contribution in [0.2, 0.25) is 5.02 Å². The van der Waals surface area contributed by atoms with Crippen LogP contribution in [0.1, 0.15) is 28.4 Å². The Morgan fingerprint density at radius 2 is 1.59 bits per heavy atom. The number of aryl methyl sites for hydroxylation is 1. The van der Waals surface area contributed by atoms with Gasteiger partial charge in [-0.3, -0.25) is 4.79 Å². The number of ketones is 1. The molecule has 0 atom stereocenters. The maximum absolute atomic E-state index is 12.2. The number of carbonyl (C=O) groups is 1. The maximum Gasteiger partial charge on any atom is 0.194 e. The van der Waals surface area contributed by atoms with Crippen LogP contribution in [0.4, 0.5) is 0 Å². The van der Waals surface area contributed by atoms with Crippen molar-refractivity contribution in [3.63, 3.8) is 0 Å². The van der Waals surface area contributed by atoms with Crippen LogP contribution >= 0.6 is 11.6 Å². The Bertz CT molecular complexity index is 629. The molecule has 0 saturated carbocycles. The quantitative estimate of drug-likeness (QED) is 0.628. The highest BCUT2D eigenvalue weighted by atomic mass is 35.5. The molecule has 2 heteroatoms. The Morgan fingerprint density at radius 1 is 0.941 bits per heavy atom. The van der Waals surface area contributed by atoms with Gasteiger partial charge in [0.2, 0.25) is 0 Å². The fourth-order valence-corrected chi connectivity index (χ4v) is 2.49. The number of carbonyl (C=O) groups excluding carboxylic acids is 1. The lowest BCUT2D eigenvalue weighted by Gasteiger charge is -2.01. The first-order chi connectivity index (χ1) is 8.20. The summed E-state index contributed by atoms with van der Waals surface area (Å²) in [6, 6.07) is 11.6. The maximum atomic E-state index is 12.2. The molecular formula is C15H11ClO. The topological polar surface area (TPSA) is 17.1 Å². The van der Waals surface area contributed by atoms with Gasteiger partial charge in [-0.1, -0.05) is 36.7 Å². The first-order valence-electron chi connectivity index (χ1n) is 5.68. The van der Waals surface area contributed by atoms with Crippen LogP contribution in [0.5, 0.6) is 0 Å². The van der Waals surface area contributed by atoms with Crippen LogP contribution in [0, 0.1) is 0 Å². The van der Waals surface area contributed by atoms with Crippen molar-refractivity contribution in [2.75, 3.05) is 0 Å². The molecule has 0 fully saturated rings. The molecule has 2 aromatic carbocycles. The fraction of sp³-hybridized carbons (Fsp3) is 0.133. The van der Waals surface area contributed by atoms with E-state index in [1.165, 1.54) is 5.56 Å². The predicted octanol–water partition coefficient (Wildman–Crippen LogP) is 4.11. The third kappa shape index (κ3) is 1.50. The molecule has 17 heavy (non-hydrogen) atoms. The van der Waals surface area contributed by atoms with E-state index in [4.69, 9.17) is 11.6 Å². The van der Waals surface area contributed by atoms with E-state index in [1.807, 2.05) is 24.3 Å². The van der Waals surface area contributed by atoms with E-state index in [0.717, 1.165) is 28.7 Å². The van der Waals surface area contributed by atoms with Crippen LogP contribution < -0.4 is 0 Å². The minimum absolute atomic E-state index is 0.0906. The SMILES string of the molecule is CCc1ccc2c(c1)C(=O)c1cc(Cl)ccc1-2. The van der Waals surface area contributed by atoms with Gasteiger partial charge in [0.05, 0.1) is 0 Å². The molecule has 0 spiro atoms. The van der Waals surface area contributed by atoms with E-state index in [2.05, 4.69) is 13.0 Å². The summed E-state index contributed by atoms with van der Waals surface area (Å²) in [6.07, 6.45) is 0.942. The number of fused-ring (bicyclic) bond motifs is 3. The van der Waals surface area contributed by atoms with Crippen molar-refractivity contribution >= 4 is 17.4 Å². The lowest BCUT2D eigenvalue weighted by atomic mass is 10.0. The zero-order chi connectivity index (χ0) is 12.0. The van der Waals surface area contributed by atoms with Crippen molar-refractivity contribution < 1.29 is 4.79 Å². The normalized spacial score (nSPS) is 12.5. The van der Waals surface area contributed by atoms with Crippen LogP contribution in [0.3, 0.4) is 0 Å². The first-order valence-corrected chi connectivity index (χ1v) is 6.06. The molecule has 84 valence electrons. The van der Waals surface area contributed by atoms with Gasteiger partial charge < -0.3 is 0 Å². The second-order valence-corrected chi connectivity index (χ2v) is 4.69. The average molecular weight is 243 g/mol. The number of hydrogen-bond donors (Lipinski definition) is 0. The third-order valence-electron chi connectivity index (χ3n) is 3.25. The molecule has 1 aliphatic carbocycles. The lowest BCUT2D eigenvalue weighted by molar-refractivity contribution is 0.104. The molecular weight excluding hydrogens is 232 g/mol. The lowest BCUT2D eigenvalue weighted by Crippen LogP contribution is -1.95. The molecule has 0 radical (unpaired) electrons. The Labute approximate surface area is 105 Å². The van der Waals surface area contributed by atoms with Gasteiger partial charge in [-0.2, -0.15) is 0 Å². The van der Waals surface area contributed by atoms with Crippen molar-refractivity contribution in [1.82, 2.24) is 0 Å². The van der Waals surface area contributed by atoms with E-state index in [0.29, 0.717) is 5.02 Å². The molecule has 1 nitrogen and oxygen atoms in total. The van der Waals surface area contributed by atoms with Crippen molar-refractivity contribution in [2.24, 2.45) is 0 Å². The molecule has 0 unspecified atom stereocenters. The summed E-state index contributed by atoms with van der Waals surface area (Å²) < 4.78 is 0. The molecule has 0 saturated heterocycles. The summed E-state index contributed by atoms with van der Waals surface area (Å²) in [5.41, 5.74) is 4.74. The molecule has 0 heterocycles. The second kappa shape index (κ2) is 3.71. The molecule has 0 bridgehead atoms. The van der Waals surface area contributed by atoms with Gasteiger partial charge in [-0.15, -0.1) is 0 Å². The van der Waals surface area contributed by atoms with Crippen LogP contribution in [0.25, 0.3) is 11.1 Å². The van der Waals surface area contributed by atoms with Crippen LogP contribution in [-0.2, 0) is 6.42 Å². The summed E-state index contributed by atoms with van der Waals surface area (Å²) in [5, 5.41) is 0.612. The standard InChI is InChI=1S/C15H11ClO/c1-2-9-3-5-11-12-6-4-10(16)8-14(12)15(17)13(11)7-9/h3-8H,2H2,1H3. The van der Waals surface area contributed by atoms with Gasteiger partial charge in [0.25, 0.3) is 0 Å². The first kappa shape index (κ1) is 10.5. The number of halogens is 1. The third-order valence-corrected chi connectivity index (χ3v) is 3.49. The Kier molecular flexibility index (Phi) is 2.30. The largest absolute Gasteiger partial charge is 0.289 e. The predicted molar refractivity (Wildman–Crippen MR) is 69.7 cm³/mol. The minimum atomic E-state index is 0.0906. The molecule has 0 N–H and O–H groups in total. The fourth-order valence-electron chi connectivity index (χ4n) is 2.32. The van der Waals surface area contributed by atoms with Crippen molar-refractivity contribution in [1.29, 1.82) is 0 Å². The Hall–Kier alpha value is -1.60. The molecule has 1 aliphatic rings. The Balaban J connectivity index is 2.27. The average Bonchev–Trinajstić information content (AvgIpc) is 2.62. The van der Waals surface area contributed by atoms with E-state index in [9.17, 15) is 4.79 Å². The number of benzene rings is 2. The van der Waals surface area contributed by atoms with E-state index in [-0.39, 0.29) is 5.78 Å². The van der Waals surface area contributed by atoms with Gasteiger partial charge in [-0.05, 0) is 41.3 Å². The monoisotopic (exact) mass is 242 g/mol. The van der Waals surface area contributed by atoms with Gasteiger partial charge in [0, 0.05) is 16.1 Å². The highest BCUT2D eigenvalue weighted by Crippen LogP contribution is 2.38. The molecule has 0 aromatic heterocycles. The van der Waals surface area contributed by atoms with Crippen LogP contribution in [-0.4, -0.2) is 5.78 Å². The molecule has 3 rings (SSSR count). The van der Waals surface area contributed by atoms with E-state index in [1.54, 1.807) is 6.07 Å². The summed E-state index contributed by atoms with van der Waals surface area (Å²) in [4.78, 5) is 12.2. The van der Waals surface area contributed by atoms with Crippen molar-refractivity contribution in [2.45, 2.75) is 13.3 Å². The van der Waals surface area contributed by atoms with Crippen LogP contribution in [0.15, 0.2) is 36.4 Å². The summed E-state index contributed by atoms with van der Waals surface area (Å²) in [6.45, 7) is 2.09. The summed E-state index contributed by atoms with van der Waals surface area (Å²) in [7, 11) is 0. The molecule has 0 amide bonds. The highest BCUT2D eigenvalue weighted by molar-refractivity contribution is 6.32. The van der Waals surface area contributed by atoms with E-state index >= 15 is 0 Å².